The summed E-state index contributed by atoms with van der Waals surface area (Å²) in [5.41, 5.74) is 0.0478. The standard InChI is InChI=1S/C6H6NO2Te.Au/c1-3-9-6(8)5(4-10)7-2;/h4H,3H2,1H3;/b5-4+;. The Morgan fingerprint density at radius 3 is 2.64 bits per heavy atom. The van der Waals surface area contributed by atoms with Crippen LogP contribution >= 0.6 is 0 Å². The maximum atomic E-state index is 10.7. The van der Waals surface area contributed by atoms with Gasteiger partial charge in [0.2, 0.25) is 0 Å². The van der Waals surface area contributed by atoms with Crippen LogP contribution in [0.4, 0.5) is 0 Å². The van der Waals surface area contributed by atoms with Crippen molar-refractivity contribution in [1.82, 2.24) is 0 Å². The molecule has 0 saturated carbocycles. The van der Waals surface area contributed by atoms with Crippen molar-refractivity contribution in [1.29, 1.82) is 0 Å². The minimum atomic E-state index is -0.539. The number of hydrogen-bond acceptors (Lipinski definition) is 2. The van der Waals surface area contributed by atoms with Gasteiger partial charge in [-0.2, -0.15) is 0 Å². The average molecular weight is 449 g/mol. The number of nitrogens with zero attached hydrogens (tertiary/aromatic N) is 1. The molecule has 0 heterocycles. The Labute approximate surface area is 94.4 Å². The number of carbonyl (C=O) groups is 1. The number of carbonyl (C=O) groups excluding carboxylic acids is 1. The third-order valence-electron chi connectivity index (χ3n) is 0.717. The monoisotopic (exact) mass is 451 g/mol. The van der Waals surface area contributed by atoms with Gasteiger partial charge in [0.25, 0.3) is 0 Å². The van der Waals surface area contributed by atoms with Gasteiger partial charge in [0, 0.05) is 22.4 Å². The number of rotatable bonds is 2. The van der Waals surface area contributed by atoms with E-state index in [1.807, 2.05) is 0 Å². The third kappa shape index (κ3) is 5.49. The molecule has 0 aliphatic rings. The zero-order valence-corrected chi connectivity index (χ0v) is 10.3. The van der Waals surface area contributed by atoms with E-state index >= 15 is 0 Å². The predicted octanol–water partition coefficient (Wildman–Crippen LogP) is 0.476. The first kappa shape index (κ1) is 13.8. The van der Waals surface area contributed by atoms with Crippen molar-refractivity contribution in [2.75, 3.05) is 6.61 Å². The van der Waals surface area contributed by atoms with E-state index in [1.165, 1.54) is 4.12 Å². The second-order valence-electron chi connectivity index (χ2n) is 1.34. The zero-order valence-electron chi connectivity index (χ0n) is 5.76. The molecule has 0 aromatic heterocycles. The van der Waals surface area contributed by atoms with E-state index in [4.69, 9.17) is 6.57 Å². The van der Waals surface area contributed by atoms with Crippen LogP contribution in [0.15, 0.2) is 9.82 Å². The van der Waals surface area contributed by atoms with Crippen LogP contribution in [-0.4, -0.2) is 34.9 Å². The molecule has 0 aromatic carbocycles. The van der Waals surface area contributed by atoms with Gasteiger partial charge in [-0.25, -0.2) is 0 Å². The molecule has 0 unspecified atom stereocenters. The summed E-state index contributed by atoms with van der Waals surface area (Å²) in [7, 11) is 0. The van der Waals surface area contributed by atoms with Crippen LogP contribution in [0.5, 0.6) is 0 Å². The molecule has 0 bridgehead atoms. The normalized spacial score (nSPS) is 9.27. The summed E-state index contributed by atoms with van der Waals surface area (Å²) in [6.45, 7) is 8.54. The zero-order chi connectivity index (χ0) is 7.98. The van der Waals surface area contributed by atoms with Gasteiger partial charge in [0.1, 0.15) is 0 Å². The summed E-state index contributed by atoms with van der Waals surface area (Å²) in [6.07, 6.45) is 0. The predicted molar refractivity (Wildman–Crippen MR) is 37.1 cm³/mol. The van der Waals surface area contributed by atoms with E-state index in [2.05, 4.69) is 9.58 Å². The molecule has 0 fully saturated rings. The summed E-state index contributed by atoms with van der Waals surface area (Å²) in [4.78, 5) is 13.7. The molecule has 11 heavy (non-hydrogen) atoms. The molecule has 0 spiro atoms. The molecule has 5 heteroatoms. The van der Waals surface area contributed by atoms with Gasteiger partial charge < -0.3 is 0 Å². The third-order valence-corrected chi connectivity index (χ3v) is 1.35. The van der Waals surface area contributed by atoms with E-state index < -0.39 is 5.97 Å². The summed E-state index contributed by atoms with van der Waals surface area (Å²) in [5, 5.41) is 0. The van der Waals surface area contributed by atoms with Crippen molar-refractivity contribution in [3.63, 3.8) is 0 Å². The number of hydrogen-bond donors (Lipinski definition) is 0. The Morgan fingerprint density at radius 2 is 2.36 bits per heavy atom. The summed E-state index contributed by atoms with van der Waals surface area (Å²) >= 11 is 1.56. The molecule has 2 radical (unpaired) electrons. The molecule has 3 nitrogen and oxygen atoms in total. The molecule has 0 aliphatic heterocycles. The first-order chi connectivity index (χ1) is 4.76. The quantitative estimate of drug-likeness (QED) is 0.266. The van der Waals surface area contributed by atoms with Crippen LogP contribution in [0.2, 0.25) is 0 Å². The van der Waals surface area contributed by atoms with Crippen LogP contribution in [0.1, 0.15) is 6.92 Å². The molecule has 0 amide bonds. The van der Waals surface area contributed by atoms with E-state index in [0.717, 1.165) is 0 Å². The summed E-state index contributed by atoms with van der Waals surface area (Å²) in [5.74, 6) is -0.539. The van der Waals surface area contributed by atoms with E-state index in [-0.39, 0.29) is 28.1 Å². The molecular weight excluding hydrogens is 443 g/mol. The van der Waals surface area contributed by atoms with E-state index in [0.29, 0.717) is 6.61 Å². The van der Waals surface area contributed by atoms with Gasteiger partial charge in [-0.3, -0.25) is 0 Å². The van der Waals surface area contributed by atoms with Crippen LogP contribution < -0.4 is 0 Å². The SMILES string of the molecule is [Au].[C-]#[N+]/C(=C/[Te])C(=O)OCC. The molecule has 0 rings (SSSR count). The van der Waals surface area contributed by atoms with Crippen molar-refractivity contribution in [2.45, 2.75) is 6.92 Å². The second-order valence-corrected chi connectivity index (χ2v) is 2.01. The average Bonchev–Trinajstić information content (AvgIpc) is 1.91. The van der Waals surface area contributed by atoms with Crippen molar-refractivity contribution in [3.8, 4) is 0 Å². The fraction of sp³-hybridized carbons (Fsp3) is 0.333. The fourth-order valence-corrected chi connectivity index (χ4v) is 0.750. The van der Waals surface area contributed by atoms with Crippen molar-refractivity contribution >= 4 is 28.3 Å². The summed E-state index contributed by atoms with van der Waals surface area (Å²) in [6, 6.07) is 0. The summed E-state index contributed by atoms with van der Waals surface area (Å²) < 4.78 is 6.01. The fourth-order valence-electron chi connectivity index (χ4n) is 0.325. The molecular formula is C6H6AuNO2Te. The molecule has 0 saturated heterocycles. The van der Waals surface area contributed by atoms with Crippen LogP contribution in [0, 0.1) is 6.57 Å². The molecule has 0 aliphatic carbocycles. The first-order valence-corrected chi connectivity index (χ1v) is 3.97. The van der Waals surface area contributed by atoms with Crippen LogP contribution in [0.25, 0.3) is 4.85 Å². The number of ether oxygens (including phenoxy) is 1. The topological polar surface area (TPSA) is 30.7 Å². The van der Waals surface area contributed by atoms with Crippen molar-refractivity contribution < 1.29 is 31.9 Å². The Morgan fingerprint density at radius 1 is 1.82 bits per heavy atom. The van der Waals surface area contributed by atoms with Gasteiger partial charge in [-0.15, -0.1) is 0 Å². The molecule has 64 valence electrons. The van der Waals surface area contributed by atoms with Crippen molar-refractivity contribution in [3.05, 3.63) is 21.2 Å². The molecule has 0 aromatic rings. The van der Waals surface area contributed by atoms with E-state index in [1.54, 1.807) is 29.2 Å². The Bertz CT molecular complexity index is 197. The number of esters is 1. The van der Waals surface area contributed by atoms with Gasteiger partial charge in [0.05, 0.1) is 0 Å². The van der Waals surface area contributed by atoms with Gasteiger partial charge in [-0.05, 0) is 0 Å². The minimum absolute atomic E-state index is 0. The second kappa shape index (κ2) is 8.33. The molecule has 0 N–H and O–H groups in total. The Balaban J connectivity index is 0. The van der Waals surface area contributed by atoms with E-state index in [9.17, 15) is 4.79 Å². The first-order valence-electron chi connectivity index (χ1n) is 2.63. The van der Waals surface area contributed by atoms with Gasteiger partial charge in [0.15, 0.2) is 0 Å². The van der Waals surface area contributed by atoms with Crippen LogP contribution in [-0.2, 0) is 31.9 Å². The van der Waals surface area contributed by atoms with Crippen molar-refractivity contribution in [2.24, 2.45) is 0 Å². The Kier molecular flexibility index (Phi) is 10.4. The maximum absolute atomic E-state index is 10.7. The van der Waals surface area contributed by atoms with Crippen LogP contribution in [0.3, 0.4) is 0 Å². The van der Waals surface area contributed by atoms with Gasteiger partial charge in [-0.1, -0.05) is 0 Å². The molecule has 0 atom stereocenters. The Hall–Kier alpha value is 0.230. The van der Waals surface area contributed by atoms with Gasteiger partial charge >= 0.3 is 72.6 Å².